The molecule has 0 unspecified atom stereocenters. The highest BCUT2D eigenvalue weighted by Gasteiger charge is 2.52. The Kier molecular flexibility index (Phi) is 9.86. The molecule has 8 aliphatic carbocycles. The first kappa shape index (κ1) is 33.1. The van der Waals surface area contributed by atoms with Crippen molar-refractivity contribution in [1.82, 2.24) is 4.90 Å². The van der Waals surface area contributed by atoms with Gasteiger partial charge in [0.1, 0.15) is 11.5 Å². The number of nitrogens with zero attached hydrogens (tertiary/aromatic N) is 1. The fourth-order valence-electron chi connectivity index (χ4n) is 12.8. The van der Waals surface area contributed by atoms with Gasteiger partial charge < -0.3 is 19.5 Å². The lowest BCUT2D eigenvalue weighted by Gasteiger charge is -2.57. The van der Waals surface area contributed by atoms with Crippen LogP contribution in [0.3, 0.4) is 0 Å². The lowest BCUT2D eigenvalue weighted by atomic mass is 9.48. The van der Waals surface area contributed by atoms with E-state index in [0.29, 0.717) is 23.9 Å². The Hall–Kier alpha value is -2.04. The van der Waals surface area contributed by atoms with Gasteiger partial charge in [0.2, 0.25) is 0 Å². The van der Waals surface area contributed by atoms with E-state index in [0.717, 1.165) is 66.0 Å². The molecule has 11 rings (SSSR count). The second kappa shape index (κ2) is 14.3. The Morgan fingerprint density at radius 3 is 1.33 bits per heavy atom. The van der Waals surface area contributed by atoms with Crippen LogP contribution in [0.15, 0.2) is 48.5 Å². The lowest BCUT2D eigenvalue weighted by molar-refractivity contribution is -0.00533. The third kappa shape index (κ3) is 7.23. The number of hydrogen-bond acceptors (Lipinski definition) is 4. The van der Waals surface area contributed by atoms with E-state index in [2.05, 4.69) is 60.4 Å². The molecular weight excluding hydrogens is 590 g/mol. The summed E-state index contributed by atoms with van der Waals surface area (Å²) in [5.74, 6) is 8.97. The minimum Gasteiger partial charge on any atom is -0.494 e. The number of ether oxygens (including phenoxy) is 2. The molecule has 4 nitrogen and oxygen atoms in total. The molecule has 48 heavy (non-hydrogen) atoms. The zero-order valence-electron chi connectivity index (χ0n) is 29.9. The largest absolute Gasteiger partial charge is 0.494 e. The Bertz CT molecular complexity index is 1260. The maximum absolute atomic E-state index is 8.80. The van der Waals surface area contributed by atoms with E-state index in [9.17, 15) is 0 Å². The standard InChI is InChI=1S/C25H37NO.C19H26O2/c1-19-7-10-26(11-8-19)9-2-12-27-24-5-3-23(4-6-24)25-16-20-13-21(17-25)15-22(14-20)18-25;20-6-1-7-21-18-4-2-17(3-5-18)19-11-14-8-15(12-19)10-16(9-14)13-19/h3-6,19-22H,2,7-18H2,1H3;2-5,14-16,20H,1,6-13H2. The molecule has 8 bridgehead atoms. The minimum absolute atomic E-state index is 0.200. The molecule has 262 valence electrons. The SMILES string of the molecule is CC1CCN(CCCOc2ccc(C34CC5CC(CC(C5)C3)C4)cc2)CC1.OCCCOc1ccc(C23CC4CC(CC(C4)C2)C3)cc1. The Balaban J connectivity index is 0.000000145. The molecule has 2 aromatic rings. The Morgan fingerprint density at radius 2 is 0.958 bits per heavy atom. The summed E-state index contributed by atoms with van der Waals surface area (Å²) in [6, 6.07) is 18.2. The summed E-state index contributed by atoms with van der Waals surface area (Å²) < 4.78 is 11.7. The van der Waals surface area contributed by atoms with E-state index in [1.54, 1.807) is 11.1 Å². The van der Waals surface area contributed by atoms with Crippen LogP contribution in [0.4, 0.5) is 0 Å². The van der Waals surface area contributed by atoms with Crippen molar-refractivity contribution < 1.29 is 14.6 Å². The monoisotopic (exact) mass is 653 g/mol. The summed E-state index contributed by atoms with van der Waals surface area (Å²) >= 11 is 0. The van der Waals surface area contributed by atoms with E-state index in [4.69, 9.17) is 14.6 Å². The average Bonchev–Trinajstić information content (AvgIpc) is 3.07. The molecule has 0 atom stereocenters. The Morgan fingerprint density at radius 1 is 0.583 bits per heavy atom. The van der Waals surface area contributed by atoms with Crippen molar-refractivity contribution >= 4 is 0 Å². The molecule has 0 aromatic heterocycles. The van der Waals surface area contributed by atoms with Gasteiger partial charge in [0, 0.05) is 19.6 Å². The normalized spacial score (nSPS) is 36.5. The number of likely N-dealkylation sites (tertiary alicyclic amines) is 1. The van der Waals surface area contributed by atoms with Gasteiger partial charge in [-0.25, -0.2) is 0 Å². The molecular formula is C44H63NO3. The van der Waals surface area contributed by atoms with Crippen molar-refractivity contribution in [3.05, 3.63) is 59.7 Å². The maximum Gasteiger partial charge on any atom is 0.119 e. The number of aliphatic hydroxyl groups excluding tert-OH is 1. The predicted molar refractivity (Wildman–Crippen MR) is 195 cm³/mol. The molecule has 1 saturated heterocycles. The van der Waals surface area contributed by atoms with Crippen LogP contribution < -0.4 is 9.47 Å². The van der Waals surface area contributed by atoms with E-state index in [1.165, 1.54) is 110 Å². The zero-order chi connectivity index (χ0) is 32.6. The smallest absolute Gasteiger partial charge is 0.119 e. The molecule has 0 spiro atoms. The summed E-state index contributed by atoms with van der Waals surface area (Å²) in [6.07, 6.45) is 22.3. The summed E-state index contributed by atoms with van der Waals surface area (Å²) in [7, 11) is 0. The van der Waals surface area contributed by atoms with Crippen molar-refractivity contribution in [2.75, 3.05) is 39.5 Å². The number of piperidine rings is 1. The van der Waals surface area contributed by atoms with Crippen LogP contribution in [0.25, 0.3) is 0 Å². The number of rotatable bonds is 11. The van der Waals surface area contributed by atoms with Crippen LogP contribution in [-0.2, 0) is 10.8 Å². The van der Waals surface area contributed by atoms with E-state index >= 15 is 0 Å². The highest BCUT2D eigenvalue weighted by Crippen LogP contribution is 2.62. The van der Waals surface area contributed by atoms with E-state index < -0.39 is 0 Å². The van der Waals surface area contributed by atoms with Gasteiger partial charge in [0.15, 0.2) is 0 Å². The Labute approximate surface area is 291 Å². The van der Waals surface area contributed by atoms with Crippen molar-refractivity contribution in [1.29, 1.82) is 0 Å². The number of hydrogen-bond donors (Lipinski definition) is 1. The number of benzene rings is 2. The summed E-state index contributed by atoms with van der Waals surface area (Å²) in [5, 5.41) is 8.80. The fraction of sp³-hybridized carbons (Fsp3) is 0.727. The highest BCUT2D eigenvalue weighted by atomic mass is 16.5. The summed E-state index contributed by atoms with van der Waals surface area (Å²) in [4.78, 5) is 2.61. The van der Waals surface area contributed by atoms with Gasteiger partial charge in [-0.2, -0.15) is 0 Å². The van der Waals surface area contributed by atoms with Crippen molar-refractivity contribution in [2.24, 2.45) is 41.4 Å². The second-order valence-corrected chi connectivity index (χ2v) is 18.1. The van der Waals surface area contributed by atoms with Crippen LogP contribution in [0.5, 0.6) is 11.5 Å². The van der Waals surface area contributed by atoms with Crippen LogP contribution in [-0.4, -0.2) is 49.5 Å². The highest BCUT2D eigenvalue weighted by molar-refractivity contribution is 5.36. The first-order valence-corrected chi connectivity index (χ1v) is 20.3. The van der Waals surface area contributed by atoms with Crippen LogP contribution in [0.2, 0.25) is 0 Å². The fourth-order valence-corrected chi connectivity index (χ4v) is 12.8. The van der Waals surface area contributed by atoms with Gasteiger partial charge in [0.25, 0.3) is 0 Å². The van der Waals surface area contributed by atoms with Gasteiger partial charge in [-0.3, -0.25) is 0 Å². The number of aliphatic hydroxyl groups is 1. The maximum atomic E-state index is 8.80. The zero-order valence-corrected chi connectivity index (χ0v) is 29.9. The van der Waals surface area contributed by atoms with Crippen molar-refractivity contribution in [2.45, 2.75) is 120 Å². The molecule has 1 aliphatic heterocycles. The molecule has 1 heterocycles. The molecule has 1 N–H and O–H groups in total. The van der Waals surface area contributed by atoms with Crippen molar-refractivity contribution in [3.8, 4) is 11.5 Å². The van der Waals surface area contributed by atoms with Crippen LogP contribution >= 0.6 is 0 Å². The topological polar surface area (TPSA) is 41.9 Å². The van der Waals surface area contributed by atoms with E-state index in [-0.39, 0.29) is 6.61 Å². The molecule has 0 amide bonds. The van der Waals surface area contributed by atoms with Crippen LogP contribution in [0.1, 0.15) is 121 Å². The molecule has 2 aromatic carbocycles. The predicted octanol–water partition coefficient (Wildman–Crippen LogP) is 9.57. The molecule has 4 heteroatoms. The minimum atomic E-state index is 0.200. The molecule has 8 saturated carbocycles. The average molecular weight is 654 g/mol. The van der Waals surface area contributed by atoms with Gasteiger partial charge in [-0.1, -0.05) is 31.2 Å². The van der Waals surface area contributed by atoms with Gasteiger partial charge in [-0.15, -0.1) is 0 Å². The van der Waals surface area contributed by atoms with Crippen molar-refractivity contribution in [3.63, 3.8) is 0 Å². The molecule has 9 aliphatic rings. The third-order valence-electron chi connectivity index (χ3n) is 14.3. The first-order valence-electron chi connectivity index (χ1n) is 20.3. The quantitative estimate of drug-likeness (QED) is 0.245. The van der Waals surface area contributed by atoms with Crippen LogP contribution in [0, 0.1) is 41.4 Å². The summed E-state index contributed by atoms with van der Waals surface area (Å²) in [6.45, 7) is 7.79. The van der Waals surface area contributed by atoms with E-state index in [1.807, 2.05) is 0 Å². The first-order chi connectivity index (χ1) is 23.5. The lowest BCUT2D eigenvalue weighted by Crippen LogP contribution is -2.48. The van der Waals surface area contributed by atoms with Gasteiger partial charge in [-0.05, 0) is 197 Å². The molecule has 9 fully saturated rings. The van der Waals surface area contributed by atoms with Gasteiger partial charge >= 0.3 is 0 Å². The molecule has 0 radical (unpaired) electrons. The third-order valence-corrected chi connectivity index (χ3v) is 14.3. The summed E-state index contributed by atoms with van der Waals surface area (Å²) in [5.41, 5.74) is 4.16. The van der Waals surface area contributed by atoms with Gasteiger partial charge in [0.05, 0.1) is 13.2 Å². The second-order valence-electron chi connectivity index (χ2n) is 18.1.